The van der Waals surface area contributed by atoms with Crippen LogP contribution in [0.1, 0.15) is 36.0 Å². The van der Waals surface area contributed by atoms with E-state index in [4.69, 9.17) is 0 Å². The van der Waals surface area contributed by atoms with Crippen LogP contribution in [0.5, 0.6) is 0 Å². The Hall–Kier alpha value is -1.83. The van der Waals surface area contributed by atoms with E-state index in [0.717, 1.165) is 17.4 Å². The lowest BCUT2D eigenvalue weighted by molar-refractivity contribution is 0.0854. The molecule has 2 heteroatoms. The molecule has 1 N–H and O–H groups in total. The second-order valence-electron chi connectivity index (χ2n) is 5.99. The van der Waals surface area contributed by atoms with Crippen LogP contribution in [0.3, 0.4) is 0 Å². The van der Waals surface area contributed by atoms with Crippen LogP contribution in [-0.2, 0) is 0 Å². The number of carbonyl (C=O) groups excluding carboxylic acids is 1. The third-order valence-electron chi connectivity index (χ3n) is 4.88. The Morgan fingerprint density at radius 2 is 1.84 bits per heavy atom. The minimum atomic E-state index is 0.0849. The summed E-state index contributed by atoms with van der Waals surface area (Å²) in [6.45, 7) is 0. The zero-order valence-electron chi connectivity index (χ0n) is 10.9. The molecular formula is C17H17NO. The van der Waals surface area contributed by atoms with E-state index in [1.807, 2.05) is 30.3 Å². The quantitative estimate of drug-likeness (QED) is 0.869. The maximum Gasteiger partial charge on any atom is 0.251 e. The number of hydrogen-bond acceptors (Lipinski definition) is 1. The number of nitrogens with one attached hydrogen (secondary N) is 1. The van der Waals surface area contributed by atoms with E-state index in [2.05, 4.69) is 17.4 Å². The Morgan fingerprint density at radius 3 is 2.53 bits per heavy atom. The van der Waals surface area contributed by atoms with Gasteiger partial charge in [-0.3, -0.25) is 4.79 Å². The summed E-state index contributed by atoms with van der Waals surface area (Å²) < 4.78 is 0. The number of amides is 1. The van der Waals surface area contributed by atoms with Crippen LogP contribution >= 0.6 is 0 Å². The van der Waals surface area contributed by atoms with E-state index in [9.17, 15) is 4.79 Å². The summed E-state index contributed by atoms with van der Waals surface area (Å²) in [4.78, 5) is 12.3. The van der Waals surface area contributed by atoms with Gasteiger partial charge < -0.3 is 5.32 Å². The summed E-state index contributed by atoms with van der Waals surface area (Å²) >= 11 is 0. The van der Waals surface area contributed by atoms with Crippen molar-refractivity contribution in [3.8, 4) is 0 Å². The summed E-state index contributed by atoms with van der Waals surface area (Å²) in [6.07, 6.45) is 5.06. The first-order valence-electron chi connectivity index (χ1n) is 7.07. The fourth-order valence-electron chi connectivity index (χ4n) is 3.25. The Labute approximate surface area is 112 Å². The van der Waals surface area contributed by atoms with Gasteiger partial charge in [-0.05, 0) is 54.0 Å². The topological polar surface area (TPSA) is 29.1 Å². The summed E-state index contributed by atoms with van der Waals surface area (Å²) in [5, 5.41) is 5.52. The van der Waals surface area contributed by atoms with E-state index >= 15 is 0 Å². The van der Waals surface area contributed by atoms with E-state index in [1.54, 1.807) is 0 Å². The van der Waals surface area contributed by atoms with Crippen molar-refractivity contribution in [3.63, 3.8) is 0 Å². The second kappa shape index (κ2) is 3.83. The molecule has 1 amide bonds. The largest absolute Gasteiger partial charge is 0.349 e. The van der Waals surface area contributed by atoms with Crippen LogP contribution in [-0.4, -0.2) is 11.9 Å². The van der Waals surface area contributed by atoms with Crippen LogP contribution in [0.15, 0.2) is 42.5 Å². The molecule has 19 heavy (non-hydrogen) atoms. The van der Waals surface area contributed by atoms with Gasteiger partial charge >= 0.3 is 0 Å². The highest BCUT2D eigenvalue weighted by Gasteiger charge is 2.55. The van der Waals surface area contributed by atoms with Crippen molar-refractivity contribution in [2.24, 2.45) is 5.41 Å². The average Bonchev–Trinajstić information content (AvgIpc) is 3.25. The highest BCUT2D eigenvalue weighted by molar-refractivity contribution is 5.98. The van der Waals surface area contributed by atoms with Gasteiger partial charge in [0, 0.05) is 11.6 Å². The predicted octanol–water partition coefficient (Wildman–Crippen LogP) is 3.51. The van der Waals surface area contributed by atoms with Gasteiger partial charge in [0.2, 0.25) is 0 Å². The van der Waals surface area contributed by atoms with Gasteiger partial charge in [-0.2, -0.15) is 0 Å². The molecule has 2 aliphatic carbocycles. The van der Waals surface area contributed by atoms with Crippen molar-refractivity contribution >= 4 is 16.7 Å². The lowest BCUT2D eigenvalue weighted by Crippen LogP contribution is -2.48. The molecule has 2 aromatic carbocycles. The van der Waals surface area contributed by atoms with Crippen molar-refractivity contribution in [2.75, 3.05) is 0 Å². The second-order valence-corrected chi connectivity index (χ2v) is 5.99. The highest BCUT2D eigenvalue weighted by atomic mass is 16.1. The molecule has 2 nitrogen and oxygen atoms in total. The Balaban J connectivity index is 1.57. The van der Waals surface area contributed by atoms with Crippen LogP contribution < -0.4 is 5.32 Å². The highest BCUT2D eigenvalue weighted by Crippen LogP contribution is 2.60. The van der Waals surface area contributed by atoms with Gasteiger partial charge in [-0.1, -0.05) is 30.3 Å². The van der Waals surface area contributed by atoms with Crippen molar-refractivity contribution in [3.05, 3.63) is 48.0 Å². The first-order chi connectivity index (χ1) is 9.27. The summed E-state index contributed by atoms with van der Waals surface area (Å²) in [6, 6.07) is 14.5. The maximum atomic E-state index is 12.3. The average molecular weight is 251 g/mol. The van der Waals surface area contributed by atoms with Crippen LogP contribution in [0.2, 0.25) is 0 Å². The summed E-state index contributed by atoms with van der Waals surface area (Å²) in [7, 11) is 0. The third kappa shape index (κ3) is 1.74. The Morgan fingerprint density at radius 1 is 1.05 bits per heavy atom. The van der Waals surface area contributed by atoms with E-state index in [0.29, 0.717) is 11.5 Å². The van der Waals surface area contributed by atoms with Crippen molar-refractivity contribution in [1.29, 1.82) is 0 Å². The zero-order valence-corrected chi connectivity index (χ0v) is 10.9. The molecular weight excluding hydrogens is 234 g/mol. The number of hydrogen-bond donors (Lipinski definition) is 1. The number of rotatable bonds is 2. The SMILES string of the molecule is O=C(NC1CCC12CC2)c1ccc2ccccc2c1. The smallest absolute Gasteiger partial charge is 0.251 e. The number of carbonyl (C=O) groups is 1. The molecule has 0 saturated heterocycles. The van der Waals surface area contributed by atoms with Gasteiger partial charge in [0.15, 0.2) is 0 Å². The van der Waals surface area contributed by atoms with Crippen molar-refractivity contribution in [1.82, 2.24) is 5.32 Å². The molecule has 1 atom stereocenters. The molecule has 1 spiro atoms. The molecule has 4 rings (SSSR count). The number of benzene rings is 2. The molecule has 0 aliphatic heterocycles. The first kappa shape index (κ1) is 11.0. The van der Waals surface area contributed by atoms with E-state index < -0.39 is 0 Å². The zero-order chi connectivity index (χ0) is 12.9. The summed E-state index contributed by atoms with van der Waals surface area (Å²) in [5.74, 6) is 0.0849. The van der Waals surface area contributed by atoms with Gasteiger partial charge in [0.05, 0.1) is 0 Å². The minimum Gasteiger partial charge on any atom is -0.349 e. The molecule has 2 aromatic rings. The molecule has 2 aliphatic rings. The molecule has 0 radical (unpaired) electrons. The minimum absolute atomic E-state index is 0.0849. The van der Waals surface area contributed by atoms with E-state index in [-0.39, 0.29) is 5.91 Å². The molecule has 96 valence electrons. The van der Waals surface area contributed by atoms with Gasteiger partial charge in [-0.25, -0.2) is 0 Å². The summed E-state index contributed by atoms with van der Waals surface area (Å²) in [5.41, 5.74) is 1.27. The molecule has 0 heterocycles. The predicted molar refractivity (Wildman–Crippen MR) is 76.1 cm³/mol. The standard InChI is InChI=1S/C17H17NO/c19-16(18-15-7-8-17(15)9-10-17)14-6-5-12-3-1-2-4-13(12)11-14/h1-6,11,15H,7-10H2,(H,18,19). The van der Waals surface area contributed by atoms with Crippen LogP contribution in [0.4, 0.5) is 0 Å². The van der Waals surface area contributed by atoms with Gasteiger partial charge in [-0.15, -0.1) is 0 Å². The number of fused-ring (bicyclic) bond motifs is 1. The Bertz CT molecular complexity index is 657. The normalized spacial score (nSPS) is 23.1. The van der Waals surface area contributed by atoms with Gasteiger partial charge in [0.25, 0.3) is 5.91 Å². The van der Waals surface area contributed by atoms with Crippen LogP contribution in [0, 0.1) is 5.41 Å². The molecule has 0 bridgehead atoms. The Kier molecular flexibility index (Phi) is 2.22. The molecule has 0 aromatic heterocycles. The third-order valence-corrected chi connectivity index (χ3v) is 4.88. The van der Waals surface area contributed by atoms with E-state index in [1.165, 1.54) is 24.6 Å². The molecule has 2 saturated carbocycles. The van der Waals surface area contributed by atoms with Gasteiger partial charge in [0.1, 0.15) is 0 Å². The lowest BCUT2D eigenvalue weighted by atomic mass is 9.76. The molecule has 1 unspecified atom stereocenters. The first-order valence-corrected chi connectivity index (χ1v) is 7.07. The van der Waals surface area contributed by atoms with Crippen molar-refractivity contribution in [2.45, 2.75) is 31.7 Å². The maximum absolute atomic E-state index is 12.3. The fourth-order valence-corrected chi connectivity index (χ4v) is 3.25. The van der Waals surface area contributed by atoms with Crippen molar-refractivity contribution < 1.29 is 4.79 Å². The van der Waals surface area contributed by atoms with Crippen LogP contribution in [0.25, 0.3) is 10.8 Å². The molecule has 2 fully saturated rings. The fraction of sp³-hybridized carbons (Fsp3) is 0.353. The monoisotopic (exact) mass is 251 g/mol. The lowest BCUT2D eigenvalue weighted by Gasteiger charge is -2.37.